The predicted octanol–water partition coefficient (Wildman–Crippen LogP) is 5.47. The molecule has 0 spiro atoms. The molecule has 4 heteroatoms. The van der Waals surface area contributed by atoms with Crippen LogP contribution in [0.4, 0.5) is 11.4 Å². The minimum absolute atomic E-state index is 0.144. The summed E-state index contributed by atoms with van der Waals surface area (Å²) in [5.41, 5.74) is 13.8. The van der Waals surface area contributed by atoms with Crippen molar-refractivity contribution in [1.29, 1.82) is 0 Å². The zero-order chi connectivity index (χ0) is 24.6. The molecule has 0 radical (unpaired) electrons. The quantitative estimate of drug-likeness (QED) is 0.258. The van der Waals surface area contributed by atoms with Gasteiger partial charge in [-0.2, -0.15) is 0 Å². The number of fused-ring (bicyclic) bond motifs is 9. The third kappa shape index (κ3) is 2.21. The minimum atomic E-state index is -1.87. The van der Waals surface area contributed by atoms with Crippen LogP contribution in [0.15, 0.2) is 97.1 Å². The van der Waals surface area contributed by atoms with Gasteiger partial charge in [0.25, 0.3) is 0 Å². The lowest BCUT2D eigenvalue weighted by atomic mass is 9.44. The van der Waals surface area contributed by atoms with Crippen molar-refractivity contribution in [2.45, 2.75) is 20.0 Å². The van der Waals surface area contributed by atoms with Gasteiger partial charge in [-0.3, -0.25) is 0 Å². The molecule has 0 bridgehead atoms. The van der Waals surface area contributed by atoms with Crippen LogP contribution in [0.3, 0.4) is 0 Å². The number of nitrogens with zero attached hydrogens (tertiary/aromatic N) is 2. The third-order valence-electron chi connectivity index (χ3n) is 9.17. The van der Waals surface area contributed by atoms with Gasteiger partial charge in [0.05, 0.1) is 11.0 Å². The van der Waals surface area contributed by atoms with Crippen molar-refractivity contribution in [3.63, 3.8) is 0 Å². The van der Waals surface area contributed by atoms with E-state index in [1.807, 2.05) is 0 Å². The number of aromatic nitrogens is 1. The van der Waals surface area contributed by atoms with Crippen molar-refractivity contribution in [2.24, 2.45) is 0 Å². The Hall–Kier alpha value is -4.02. The van der Waals surface area contributed by atoms with E-state index in [2.05, 4.69) is 126 Å². The van der Waals surface area contributed by atoms with Crippen LogP contribution in [0.5, 0.6) is 0 Å². The maximum atomic E-state index is 2.70. The summed E-state index contributed by atoms with van der Waals surface area (Å²) in [5.74, 6) is 0. The molecule has 3 aliphatic rings. The predicted molar refractivity (Wildman–Crippen MR) is 161 cm³/mol. The minimum Gasteiger partial charge on any atom is -0.377 e. The van der Waals surface area contributed by atoms with Gasteiger partial charge < -0.3 is 9.38 Å². The summed E-state index contributed by atoms with van der Waals surface area (Å²) >= 11 is 0. The molecule has 0 fully saturated rings. The number of hydrogen-bond donors (Lipinski definition) is 0. The zero-order valence-electron chi connectivity index (χ0n) is 21.2. The second-order valence-electron chi connectivity index (χ2n) is 11.5. The number of anilines is 2. The molecule has 0 aliphatic carbocycles. The second kappa shape index (κ2) is 6.45. The molecule has 0 atom stereocenters. The van der Waals surface area contributed by atoms with Gasteiger partial charge in [-0.05, 0) is 57.5 Å². The van der Waals surface area contributed by atoms with Gasteiger partial charge in [0.1, 0.15) is 8.07 Å². The molecule has 5 aromatic carbocycles. The Labute approximate surface area is 217 Å². The van der Waals surface area contributed by atoms with E-state index in [0.717, 1.165) is 0 Å². The number of rotatable bonds is 0. The van der Waals surface area contributed by atoms with Gasteiger partial charge in [0.15, 0.2) is 0 Å². The Morgan fingerprint density at radius 2 is 1.43 bits per heavy atom. The lowest BCUT2D eigenvalue weighted by molar-refractivity contribution is 1.17. The molecule has 174 valence electrons. The summed E-state index contributed by atoms with van der Waals surface area (Å²) in [4.78, 5) is 2.70. The fourth-order valence-corrected chi connectivity index (χ4v) is 10.7. The normalized spacial score (nSPS) is 15.5. The third-order valence-corrected chi connectivity index (χ3v) is 12.7. The first kappa shape index (κ1) is 20.1. The molecular formula is C33H25BN2Si. The highest BCUT2D eigenvalue weighted by Crippen LogP contribution is 2.45. The molecule has 0 saturated heterocycles. The Morgan fingerprint density at radius 3 is 2.35 bits per heavy atom. The van der Waals surface area contributed by atoms with Crippen LogP contribution >= 0.6 is 0 Å². The molecule has 4 heterocycles. The summed E-state index contributed by atoms with van der Waals surface area (Å²) in [7, 11) is -1.87. The highest BCUT2D eigenvalue weighted by atomic mass is 28.3. The first-order valence-electron chi connectivity index (χ1n) is 13.3. The highest BCUT2D eigenvalue weighted by Gasteiger charge is 2.49. The standard InChI is InChI=1S/C33H25BN2Si/c1-20-18-24-23-12-9-17-30-33(23)36(27-15-6-7-16-29(27)37(30,2)3)34-25-13-8-11-22-21-10-4-5-14-26(21)35(32(22)25)28(19-20)31(24)34/h4-19H,1-3H3. The van der Waals surface area contributed by atoms with Crippen LogP contribution < -0.4 is 26.1 Å². The number of hydrogen-bond acceptors (Lipinski definition) is 1. The molecule has 0 amide bonds. The summed E-state index contributed by atoms with van der Waals surface area (Å²) in [6.45, 7) is 7.45. The summed E-state index contributed by atoms with van der Waals surface area (Å²) in [6.07, 6.45) is 0. The molecule has 6 aromatic rings. The monoisotopic (exact) mass is 488 g/mol. The van der Waals surface area contributed by atoms with Gasteiger partial charge in [-0.15, -0.1) is 0 Å². The van der Waals surface area contributed by atoms with Crippen molar-refractivity contribution in [2.75, 3.05) is 4.81 Å². The molecule has 37 heavy (non-hydrogen) atoms. The summed E-state index contributed by atoms with van der Waals surface area (Å²) < 4.78 is 2.55. The molecule has 1 aromatic heterocycles. The van der Waals surface area contributed by atoms with Crippen LogP contribution in [-0.2, 0) is 0 Å². The van der Waals surface area contributed by atoms with Gasteiger partial charge in [-0.1, -0.05) is 92.0 Å². The second-order valence-corrected chi connectivity index (χ2v) is 15.8. The van der Waals surface area contributed by atoms with Crippen molar-refractivity contribution < 1.29 is 0 Å². The average Bonchev–Trinajstić information content (AvgIpc) is 3.26. The van der Waals surface area contributed by atoms with Crippen LogP contribution in [-0.4, -0.2) is 19.5 Å². The average molecular weight is 488 g/mol. The molecule has 0 N–H and O–H groups in total. The molecule has 9 rings (SSSR count). The Balaban J connectivity index is 1.53. The number of aryl methyl sites for hydroxylation is 1. The lowest BCUT2D eigenvalue weighted by Crippen LogP contribution is -2.68. The van der Waals surface area contributed by atoms with E-state index in [9.17, 15) is 0 Å². The molecule has 0 unspecified atom stereocenters. The molecule has 2 nitrogen and oxygen atoms in total. The van der Waals surface area contributed by atoms with E-state index in [4.69, 9.17) is 0 Å². The maximum Gasteiger partial charge on any atom is 0.333 e. The van der Waals surface area contributed by atoms with Gasteiger partial charge in [0.2, 0.25) is 0 Å². The Morgan fingerprint density at radius 1 is 0.676 bits per heavy atom. The molecule has 3 aliphatic heterocycles. The van der Waals surface area contributed by atoms with Crippen LogP contribution in [0.25, 0.3) is 38.6 Å². The van der Waals surface area contributed by atoms with E-state index >= 15 is 0 Å². The largest absolute Gasteiger partial charge is 0.377 e. The first-order chi connectivity index (χ1) is 18.1. The van der Waals surface area contributed by atoms with Gasteiger partial charge in [0, 0.05) is 33.4 Å². The molecule has 0 saturated carbocycles. The zero-order valence-corrected chi connectivity index (χ0v) is 22.2. The number of para-hydroxylation sites is 4. The SMILES string of the molecule is Cc1cc2c3c(c1)-n1c4ccccc4c4cccc(c41)B3N1c3ccccc3[Si](C)(C)c3cccc-2c31. The first-order valence-corrected chi connectivity index (χ1v) is 16.3. The van der Waals surface area contributed by atoms with Crippen LogP contribution in [0.1, 0.15) is 5.56 Å². The fourth-order valence-electron chi connectivity index (χ4n) is 7.68. The fraction of sp³-hybridized carbons (Fsp3) is 0.0909. The van der Waals surface area contributed by atoms with Crippen molar-refractivity contribution in [3.05, 3.63) is 103 Å². The van der Waals surface area contributed by atoms with Crippen LogP contribution in [0.2, 0.25) is 13.1 Å². The van der Waals surface area contributed by atoms with E-state index in [1.54, 1.807) is 5.19 Å². The van der Waals surface area contributed by atoms with E-state index in [1.165, 1.54) is 71.7 Å². The van der Waals surface area contributed by atoms with Crippen molar-refractivity contribution >= 4 is 69.4 Å². The van der Waals surface area contributed by atoms with E-state index in [-0.39, 0.29) is 6.85 Å². The van der Waals surface area contributed by atoms with Crippen molar-refractivity contribution in [3.8, 4) is 16.8 Å². The number of benzene rings is 5. The van der Waals surface area contributed by atoms with E-state index in [0.29, 0.717) is 0 Å². The van der Waals surface area contributed by atoms with Gasteiger partial charge >= 0.3 is 6.85 Å². The van der Waals surface area contributed by atoms with Crippen molar-refractivity contribution in [1.82, 2.24) is 4.57 Å². The topological polar surface area (TPSA) is 8.17 Å². The van der Waals surface area contributed by atoms with Crippen LogP contribution in [0, 0.1) is 6.92 Å². The Bertz CT molecular complexity index is 2000. The van der Waals surface area contributed by atoms with Gasteiger partial charge in [-0.25, -0.2) is 0 Å². The highest BCUT2D eigenvalue weighted by molar-refractivity contribution is 7.05. The maximum absolute atomic E-state index is 2.70. The smallest absolute Gasteiger partial charge is 0.333 e. The summed E-state index contributed by atoms with van der Waals surface area (Å²) in [5, 5.41) is 5.77. The Kier molecular flexibility index (Phi) is 3.50. The summed E-state index contributed by atoms with van der Waals surface area (Å²) in [6, 6.07) is 37.0. The lowest BCUT2D eigenvalue weighted by Gasteiger charge is -2.49. The molecular weight excluding hydrogens is 463 g/mol. The van der Waals surface area contributed by atoms with E-state index < -0.39 is 8.07 Å².